The lowest BCUT2D eigenvalue weighted by Gasteiger charge is -2.21. The lowest BCUT2D eigenvalue weighted by Crippen LogP contribution is -2.45. The van der Waals surface area contributed by atoms with Crippen LogP contribution in [0.1, 0.15) is 51.5 Å². The summed E-state index contributed by atoms with van der Waals surface area (Å²) in [6.07, 6.45) is 5.50. The van der Waals surface area contributed by atoms with E-state index in [-0.39, 0.29) is 12.0 Å². The van der Waals surface area contributed by atoms with E-state index in [0.29, 0.717) is 19.1 Å². The van der Waals surface area contributed by atoms with Crippen LogP contribution in [0.5, 0.6) is 5.75 Å². The first kappa shape index (κ1) is 20.5. The number of amides is 1. The number of para-hydroxylation sites is 1. The molecule has 3 rings (SSSR count). The monoisotopic (exact) mass is 386 g/mol. The minimum atomic E-state index is 0.255. The molecular formula is C22H34N4O2. The summed E-state index contributed by atoms with van der Waals surface area (Å²) in [5.41, 5.74) is 1.08. The molecule has 2 fully saturated rings. The smallest absolute Gasteiger partial charge is 0.225 e. The Kier molecular flexibility index (Phi) is 7.57. The van der Waals surface area contributed by atoms with E-state index in [1.165, 1.54) is 12.8 Å². The molecule has 1 unspecified atom stereocenters. The predicted molar refractivity (Wildman–Crippen MR) is 113 cm³/mol. The van der Waals surface area contributed by atoms with Gasteiger partial charge in [0.2, 0.25) is 5.91 Å². The summed E-state index contributed by atoms with van der Waals surface area (Å²) < 4.78 is 5.70. The first-order valence-electron chi connectivity index (χ1n) is 10.8. The Bertz CT molecular complexity index is 670. The van der Waals surface area contributed by atoms with Crippen LogP contribution in [-0.4, -0.2) is 49.0 Å². The van der Waals surface area contributed by atoms with Crippen molar-refractivity contribution in [3.63, 3.8) is 0 Å². The summed E-state index contributed by atoms with van der Waals surface area (Å²) in [4.78, 5) is 19.4. The van der Waals surface area contributed by atoms with E-state index in [0.717, 1.165) is 56.2 Å². The Hall–Kier alpha value is -2.24. The molecule has 1 saturated heterocycles. The van der Waals surface area contributed by atoms with Crippen LogP contribution in [0, 0.1) is 5.92 Å². The zero-order valence-corrected chi connectivity index (χ0v) is 17.2. The molecule has 6 heteroatoms. The first-order valence-corrected chi connectivity index (χ1v) is 10.8. The van der Waals surface area contributed by atoms with Crippen LogP contribution in [-0.2, 0) is 11.3 Å². The van der Waals surface area contributed by atoms with Crippen molar-refractivity contribution in [1.82, 2.24) is 15.5 Å². The van der Waals surface area contributed by atoms with Gasteiger partial charge in [-0.15, -0.1) is 0 Å². The van der Waals surface area contributed by atoms with Crippen LogP contribution in [0.3, 0.4) is 0 Å². The number of guanidine groups is 1. The molecule has 1 amide bonds. The summed E-state index contributed by atoms with van der Waals surface area (Å²) in [5, 5.41) is 6.84. The van der Waals surface area contributed by atoms with Crippen molar-refractivity contribution < 1.29 is 9.53 Å². The minimum Gasteiger partial charge on any atom is -0.494 e. The second-order valence-electron chi connectivity index (χ2n) is 7.63. The zero-order chi connectivity index (χ0) is 19.8. The number of aliphatic imine (C=N–C) groups is 1. The number of ether oxygens (including phenoxy) is 1. The van der Waals surface area contributed by atoms with Crippen LogP contribution in [0.4, 0.5) is 0 Å². The number of hydrogen-bond acceptors (Lipinski definition) is 3. The van der Waals surface area contributed by atoms with Crippen molar-refractivity contribution in [3.8, 4) is 5.75 Å². The van der Waals surface area contributed by atoms with E-state index in [9.17, 15) is 4.79 Å². The predicted octanol–water partition coefficient (Wildman–Crippen LogP) is 2.93. The highest BCUT2D eigenvalue weighted by atomic mass is 16.5. The number of nitrogens with zero attached hydrogens (tertiary/aromatic N) is 2. The summed E-state index contributed by atoms with van der Waals surface area (Å²) >= 11 is 0. The first-order chi connectivity index (χ1) is 13.7. The van der Waals surface area contributed by atoms with E-state index < -0.39 is 0 Å². The van der Waals surface area contributed by atoms with Crippen molar-refractivity contribution >= 4 is 11.9 Å². The molecule has 0 spiro atoms. The number of carbonyl (C=O) groups excluding carboxylic acids is 1. The SMILES string of the molecule is CCNC(=NCc1ccccc1OCC)NC1CCN(C(=O)C2CCCC2)C1. The molecule has 1 saturated carbocycles. The Labute approximate surface area is 168 Å². The highest BCUT2D eigenvalue weighted by Gasteiger charge is 2.32. The maximum absolute atomic E-state index is 12.7. The fourth-order valence-electron chi connectivity index (χ4n) is 4.12. The molecule has 0 bridgehead atoms. The van der Waals surface area contributed by atoms with Crippen LogP contribution in [0.2, 0.25) is 0 Å². The van der Waals surface area contributed by atoms with Gasteiger partial charge in [-0.3, -0.25) is 4.79 Å². The van der Waals surface area contributed by atoms with Crippen molar-refractivity contribution in [1.29, 1.82) is 0 Å². The summed E-state index contributed by atoms with van der Waals surface area (Å²) in [6.45, 7) is 7.68. The topological polar surface area (TPSA) is 66.0 Å². The number of likely N-dealkylation sites (tertiary alicyclic amines) is 1. The van der Waals surface area contributed by atoms with Crippen molar-refractivity contribution in [3.05, 3.63) is 29.8 Å². The average molecular weight is 387 g/mol. The van der Waals surface area contributed by atoms with Gasteiger partial charge in [-0.25, -0.2) is 4.99 Å². The quantitative estimate of drug-likeness (QED) is 0.559. The van der Waals surface area contributed by atoms with Crippen LogP contribution >= 0.6 is 0 Å². The Morgan fingerprint density at radius 3 is 2.75 bits per heavy atom. The van der Waals surface area contributed by atoms with E-state index in [1.54, 1.807) is 0 Å². The summed E-state index contributed by atoms with van der Waals surface area (Å²) in [6, 6.07) is 8.28. The average Bonchev–Trinajstić information content (AvgIpc) is 3.39. The highest BCUT2D eigenvalue weighted by Crippen LogP contribution is 2.27. The molecule has 154 valence electrons. The van der Waals surface area contributed by atoms with Crippen molar-refractivity contribution in [2.75, 3.05) is 26.2 Å². The number of rotatable bonds is 7. The summed E-state index contributed by atoms with van der Waals surface area (Å²) in [5.74, 6) is 2.30. The molecule has 1 heterocycles. The van der Waals surface area contributed by atoms with Crippen molar-refractivity contribution in [2.45, 2.75) is 58.5 Å². The fraction of sp³-hybridized carbons (Fsp3) is 0.636. The third-order valence-corrected chi connectivity index (χ3v) is 5.57. The Balaban J connectivity index is 1.57. The molecule has 0 aromatic heterocycles. The molecule has 2 aliphatic rings. The standard InChI is InChI=1S/C22H34N4O2/c1-3-23-22(24-15-18-11-7-8-12-20(18)28-4-2)25-19-13-14-26(16-19)21(27)17-9-5-6-10-17/h7-8,11-12,17,19H,3-6,9-10,13-16H2,1-2H3,(H2,23,24,25). The van der Waals surface area contributed by atoms with Crippen molar-refractivity contribution in [2.24, 2.45) is 10.9 Å². The number of carbonyl (C=O) groups is 1. The Morgan fingerprint density at radius 2 is 2.00 bits per heavy atom. The largest absolute Gasteiger partial charge is 0.494 e. The molecule has 6 nitrogen and oxygen atoms in total. The molecule has 28 heavy (non-hydrogen) atoms. The number of benzene rings is 1. The Morgan fingerprint density at radius 1 is 1.21 bits per heavy atom. The molecule has 1 aromatic rings. The van der Waals surface area contributed by atoms with E-state index in [1.807, 2.05) is 30.0 Å². The fourth-order valence-corrected chi connectivity index (χ4v) is 4.12. The third kappa shape index (κ3) is 5.40. The second-order valence-corrected chi connectivity index (χ2v) is 7.63. The lowest BCUT2D eigenvalue weighted by molar-refractivity contribution is -0.134. The highest BCUT2D eigenvalue weighted by molar-refractivity contribution is 5.81. The zero-order valence-electron chi connectivity index (χ0n) is 17.2. The third-order valence-electron chi connectivity index (χ3n) is 5.57. The van der Waals surface area contributed by atoms with E-state index in [4.69, 9.17) is 9.73 Å². The molecule has 1 atom stereocenters. The van der Waals surface area contributed by atoms with Gasteiger partial charge < -0.3 is 20.3 Å². The van der Waals surface area contributed by atoms with Gasteiger partial charge in [-0.2, -0.15) is 0 Å². The molecule has 0 radical (unpaired) electrons. The lowest BCUT2D eigenvalue weighted by atomic mass is 10.1. The second kappa shape index (κ2) is 10.3. The van der Waals surface area contributed by atoms with Crippen LogP contribution in [0.25, 0.3) is 0 Å². The number of hydrogen-bond donors (Lipinski definition) is 2. The van der Waals surface area contributed by atoms with Crippen LogP contribution in [0.15, 0.2) is 29.3 Å². The molecule has 1 aliphatic heterocycles. The minimum absolute atomic E-state index is 0.255. The normalized spacial score (nSPS) is 20.4. The molecule has 1 aliphatic carbocycles. The van der Waals surface area contributed by atoms with Crippen LogP contribution < -0.4 is 15.4 Å². The van der Waals surface area contributed by atoms with Gasteiger partial charge in [0.1, 0.15) is 5.75 Å². The van der Waals surface area contributed by atoms with Gasteiger partial charge in [0.15, 0.2) is 5.96 Å². The van der Waals surface area contributed by atoms with Gasteiger partial charge in [0.25, 0.3) is 0 Å². The molecule has 1 aromatic carbocycles. The molecular weight excluding hydrogens is 352 g/mol. The van der Waals surface area contributed by atoms with E-state index in [2.05, 4.69) is 23.6 Å². The maximum Gasteiger partial charge on any atom is 0.225 e. The van der Waals surface area contributed by atoms with Gasteiger partial charge in [0, 0.05) is 37.2 Å². The number of nitrogens with one attached hydrogen (secondary N) is 2. The van der Waals surface area contributed by atoms with E-state index >= 15 is 0 Å². The van der Waals surface area contributed by atoms with Gasteiger partial charge in [-0.05, 0) is 39.2 Å². The molecule has 2 N–H and O–H groups in total. The summed E-state index contributed by atoms with van der Waals surface area (Å²) in [7, 11) is 0. The van der Waals surface area contributed by atoms with Gasteiger partial charge in [0.05, 0.1) is 13.2 Å². The van der Waals surface area contributed by atoms with Gasteiger partial charge in [-0.1, -0.05) is 31.0 Å². The van der Waals surface area contributed by atoms with Gasteiger partial charge >= 0.3 is 0 Å². The maximum atomic E-state index is 12.7.